The zero-order valence-electron chi connectivity index (χ0n) is 10.7. The molecule has 0 radical (unpaired) electrons. The molecule has 0 aliphatic carbocycles. The Morgan fingerprint density at radius 3 is 2.44 bits per heavy atom. The van der Waals surface area contributed by atoms with Crippen molar-refractivity contribution in [2.45, 2.75) is 52.7 Å². The standard InChI is InChI=1S/C12H21N3O/c1-8(2)11-14-7-10(9(6-13)15-11)16-12(3,4)5/h7-8H,6,13H2,1-5H3. The molecule has 1 aromatic rings. The van der Waals surface area contributed by atoms with E-state index in [2.05, 4.69) is 23.8 Å². The third kappa shape index (κ3) is 3.45. The van der Waals surface area contributed by atoms with Gasteiger partial charge in [0.05, 0.1) is 11.9 Å². The number of hydrogen-bond acceptors (Lipinski definition) is 4. The lowest BCUT2D eigenvalue weighted by Crippen LogP contribution is -2.24. The maximum atomic E-state index is 5.75. The van der Waals surface area contributed by atoms with Crippen LogP contribution in [0.3, 0.4) is 0 Å². The molecule has 16 heavy (non-hydrogen) atoms. The molecule has 0 aliphatic rings. The molecule has 0 atom stereocenters. The largest absolute Gasteiger partial charge is 0.485 e. The summed E-state index contributed by atoms with van der Waals surface area (Å²) in [5.41, 5.74) is 6.18. The summed E-state index contributed by atoms with van der Waals surface area (Å²) >= 11 is 0. The quantitative estimate of drug-likeness (QED) is 0.853. The number of rotatable bonds is 3. The van der Waals surface area contributed by atoms with Crippen molar-refractivity contribution in [3.8, 4) is 5.75 Å². The lowest BCUT2D eigenvalue weighted by molar-refractivity contribution is 0.128. The summed E-state index contributed by atoms with van der Waals surface area (Å²) in [7, 11) is 0. The predicted octanol–water partition coefficient (Wildman–Crippen LogP) is 2.24. The minimum Gasteiger partial charge on any atom is -0.485 e. The molecule has 4 nitrogen and oxygen atoms in total. The second kappa shape index (κ2) is 4.78. The summed E-state index contributed by atoms with van der Waals surface area (Å²) in [5.74, 6) is 1.79. The van der Waals surface area contributed by atoms with Crippen molar-refractivity contribution in [2.75, 3.05) is 0 Å². The second-order valence-corrected chi connectivity index (χ2v) is 5.11. The van der Waals surface area contributed by atoms with E-state index >= 15 is 0 Å². The van der Waals surface area contributed by atoms with Crippen LogP contribution in [-0.4, -0.2) is 15.6 Å². The van der Waals surface area contributed by atoms with Crippen molar-refractivity contribution < 1.29 is 4.74 Å². The molecule has 1 aromatic heterocycles. The highest BCUT2D eigenvalue weighted by Crippen LogP contribution is 2.22. The molecular formula is C12H21N3O. The first-order valence-corrected chi connectivity index (χ1v) is 5.58. The van der Waals surface area contributed by atoms with Gasteiger partial charge in [-0.05, 0) is 20.8 Å². The molecule has 0 fully saturated rings. The van der Waals surface area contributed by atoms with Crippen LogP contribution in [-0.2, 0) is 6.54 Å². The molecule has 0 spiro atoms. The van der Waals surface area contributed by atoms with Crippen LogP contribution in [0.4, 0.5) is 0 Å². The highest BCUT2D eigenvalue weighted by molar-refractivity contribution is 5.25. The fourth-order valence-electron chi connectivity index (χ4n) is 1.26. The van der Waals surface area contributed by atoms with Gasteiger partial charge in [0, 0.05) is 12.5 Å². The van der Waals surface area contributed by atoms with Crippen molar-refractivity contribution >= 4 is 0 Å². The molecule has 0 bridgehead atoms. The van der Waals surface area contributed by atoms with E-state index in [1.165, 1.54) is 0 Å². The first-order valence-electron chi connectivity index (χ1n) is 5.58. The van der Waals surface area contributed by atoms with Gasteiger partial charge in [-0.2, -0.15) is 0 Å². The Morgan fingerprint density at radius 1 is 1.38 bits per heavy atom. The Morgan fingerprint density at radius 2 is 2.00 bits per heavy atom. The Bertz CT molecular complexity index is 356. The van der Waals surface area contributed by atoms with E-state index in [4.69, 9.17) is 10.5 Å². The molecule has 0 aliphatic heterocycles. The first-order chi connectivity index (χ1) is 7.33. The highest BCUT2D eigenvalue weighted by Gasteiger charge is 2.16. The number of aromatic nitrogens is 2. The summed E-state index contributed by atoms with van der Waals surface area (Å²) in [6, 6.07) is 0. The van der Waals surface area contributed by atoms with Crippen LogP contribution < -0.4 is 10.5 Å². The van der Waals surface area contributed by atoms with Gasteiger partial charge >= 0.3 is 0 Å². The Hall–Kier alpha value is -1.16. The van der Waals surface area contributed by atoms with Gasteiger partial charge < -0.3 is 10.5 Å². The number of nitrogens with two attached hydrogens (primary N) is 1. The second-order valence-electron chi connectivity index (χ2n) is 5.11. The van der Waals surface area contributed by atoms with Gasteiger partial charge in [0.25, 0.3) is 0 Å². The average Bonchev–Trinajstić information content (AvgIpc) is 2.15. The van der Waals surface area contributed by atoms with Crippen molar-refractivity contribution in [1.82, 2.24) is 9.97 Å². The van der Waals surface area contributed by atoms with Crippen LogP contribution in [0, 0.1) is 0 Å². The van der Waals surface area contributed by atoms with Gasteiger partial charge in [0.2, 0.25) is 0 Å². The fourth-order valence-corrected chi connectivity index (χ4v) is 1.26. The lowest BCUT2D eigenvalue weighted by atomic mass is 10.2. The normalized spacial score (nSPS) is 11.9. The van der Waals surface area contributed by atoms with Crippen LogP contribution in [0.2, 0.25) is 0 Å². The van der Waals surface area contributed by atoms with E-state index in [0.717, 1.165) is 11.5 Å². The minimum absolute atomic E-state index is 0.257. The highest BCUT2D eigenvalue weighted by atomic mass is 16.5. The maximum Gasteiger partial charge on any atom is 0.161 e. The third-order valence-corrected chi connectivity index (χ3v) is 1.97. The maximum absolute atomic E-state index is 5.75. The monoisotopic (exact) mass is 223 g/mol. The first kappa shape index (κ1) is 12.9. The molecule has 0 saturated carbocycles. The molecule has 0 amide bonds. The summed E-state index contributed by atoms with van der Waals surface area (Å²) in [4.78, 5) is 8.69. The molecule has 1 heterocycles. The number of hydrogen-bond donors (Lipinski definition) is 1. The molecule has 0 aromatic carbocycles. The van der Waals surface area contributed by atoms with E-state index in [0.29, 0.717) is 18.2 Å². The number of ether oxygens (including phenoxy) is 1. The average molecular weight is 223 g/mol. The summed E-state index contributed by atoms with van der Waals surface area (Å²) in [6.45, 7) is 10.4. The molecule has 0 saturated heterocycles. The summed E-state index contributed by atoms with van der Waals surface area (Å²) in [6.07, 6.45) is 1.72. The Labute approximate surface area is 97.2 Å². The lowest BCUT2D eigenvalue weighted by Gasteiger charge is -2.22. The molecule has 1 rings (SSSR count). The van der Waals surface area contributed by atoms with E-state index in [9.17, 15) is 0 Å². The summed E-state index contributed by atoms with van der Waals surface area (Å²) < 4.78 is 5.75. The van der Waals surface area contributed by atoms with Gasteiger partial charge in [-0.15, -0.1) is 0 Å². The van der Waals surface area contributed by atoms with Gasteiger partial charge in [-0.1, -0.05) is 13.8 Å². The van der Waals surface area contributed by atoms with E-state index in [1.54, 1.807) is 6.20 Å². The zero-order chi connectivity index (χ0) is 12.3. The Kier molecular flexibility index (Phi) is 3.86. The van der Waals surface area contributed by atoms with E-state index in [-0.39, 0.29) is 5.60 Å². The molecule has 0 unspecified atom stereocenters. The molecule has 4 heteroatoms. The molecule has 90 valence electrons. The summed E-state index contributed by atoms with van der Waals surface area (Å²) in [5, 5.41) is 0. The van der Waals surface area contributed by atoms with Crippen LogP contribution in [0.1, 0.15) is 52.1 Å². The van der Waals surface area contributed by atoms with Crippen LogP contribution >= 0.6 is 0 Å². The van der Waals surface area contributed by atoms with Crippen molar-refractivity contribution in [1.29, 1.82) is 0 Å². The van der Waals surface area contributed by atoms with E-state index < -0.39 is 0 Å². The van der Waals surface area contributed by atoms with Gasteiger partial charge in [-0.25, -0.2) is 9.97 Å². The van der Waals surface area contributed by atoms with Gasteiger partial charge in [0.1, 0.15) is 11.4 Å². The van der Waals surface area contributed by atoms with Crippen LogP contribution in [0.5, 0.6) is 5.75 Å². The SMILES string of the molecule is CC(C)c1ncc(OC(C)(C)C)c(CN)n1. The predicted molar refractivity (Wildman–Crippen MR) is 64.4 cm³/mol. The van der Waals surface area contributed by atoms with Gasteiger partial charge in [0.15, 0.2) is 5.75 Å². The molecular weight excluding hydrogens is 202 g/mol. The minimum atomic E-state index is -0.257. The van der Waals surface area contributed by atoms with Crippen LogP contribution in [0.25, 0.3) is 0 Å². The fraction of sp³-hybridized carbons (Fsp3) is 0.667. The topological polar surface area (TPSA) is 61.0 Å². The number of nitrogens with zero attached hydrogens (tertiary/aromatic N) is 2. The van der Waals surface area contributed by atoms with Crippen molar-refractivity contribution in [2.24, 2.45) is 5.73 Å². The zero-order valence-corrected chi connectivity index (χ0v) is 10.7. The smallest absolute Gasteiger partial charge is 0.161 e. The van der Waals surface area contributed by atoms with Crippen molar-refractivity contribution in [3.05, 3.63) is 17.7 Å². The third-order valence-electron chi connectivity index (χ3n) is 1.97. The van der Waals surface area contributed by atoms with Gasteiger partial charge in [-0.3, -0.25) is 0 Å². The Balaban J connectivity index is 3.02. The van der Waals surface area contributed by atoms with E-state index in [1.807, 2.05) is 20.8 Å². The van der Waals surface area contributed by atoms with Crippen LogP contribution in [0.15, 0.2) is 6.20 Å². The van der Waals surface area contributed by atoms with Crippen molar-refractivity contribution in [3.63, 3.8) is 0 Å². The molecule has 2 N–H and O–H groups in total.